The largest absolute Gasteiger partial charge is 0.449 e. The van der Waals surface area contributed by atoms with Crippen molar-refractivity contribution in [3.05, 3.63) is 59.7 Å². The van der Waals surface area contributed by atoms with Crippen molar-refractivity contribution in [2.24, 2.45) is 0 Å². The van der Waals surface area contributed by atoms with Crippen molar-refractivity contribution < 1.29 is 14.3 Å². The molecule has 0 bridgehead atoms. The van der Waals surface area contributed by atoms with E-state index in [4.69, 9.17) is 4.74 Å². The van der Waals surface area contributed by atoms with E-state index in [1.54, 1.807) is 25.1 Å². The predicted octanol–water partition coefficient (Wildman–Crippen LogP) is 4.45. The van der Waals surface area contributed by atoms with Gasteiger partial charge in [-0.05, 0) is 49.1 Å². The van der Waals surface area contributed by atoms with Crippen LogP contribution in [0.15, 0.2) is 48.5 Å². The molecule has 0 spiro atoms. The number of hydrogen-bond acceptors (Lipinski definition) is 4. The van der Waals surface area contributed by atoms with Crippen LogP contribution in [0.5, 0.6) is 0 Å². The van der Waals surface area contributed by atoms with Crippen LogP contribution in [0, 0.1) is 0 Å². The number of para-hydroxylation sites is 1. The normalized spacial score (nSPS) is 12.8. The molecule has 0 unspecified atom stereocenters. The molecule has 0 saturated carbocycles. The number of anilines is 2. The van der Waals surface area contributed by atoms with E-state index in [2.05, 4.69) is 19.2 Å². The lowest BCUT2D eigenvalue weighted by Gasteiger charge is -2.18. The van der Waals surface area contributed by atoms with E-state index in [0.717, 1.165) is 23.4 Å². The van der Waals surface area contributed by atoms with E-state index in [-0.39, 0.29) is 5.91 Å². The van der Waals surface area contributed by atoms with Crippen LogP contribution in [0.25, 0.3) is 0 Å². The topological polar surface area (TPSA) is 58.6 Å². The molecule has 2 rings (SSSR count). The summed E-state index contributed by atoms with van der Waals surface area (Å²) in [6.45, 7) is 5.80. The Hall–Kier alpha value is -2.82. The van der Waals surface area contributed by atoms with Crippen LogP contribution in [0.2, 0.25) is 0 Å². The molecule has 1 amide bonds. The number of carbonyl (C=O) groups excluding carboxylic acids is 2. The standard InChI is InChI=1S/C22H28N2O3/c1-6-15(2)19-12-7-8-13-20(19)23-21(25)16(3)27-22(26)17-10-9-11-18(14-17)24(4)5/h7-16H,6H2,1-5H3,(H,23,25)/t15-,16-/m1/s1. The highest BCUT2D eigenvalue weighted by molar-refractivity contribution is 5.98. The Morgan fingerprint density at radius 2 is 1.78 bits per heavy atom. The van der Waals surface area contributed by atoms with E-state index in [1.807, 2.05) is 49.3 Å². The van der Waals surface area contributed by atoms with Gasteiger partial charge in [0.1, 0.15) is 0 Å². The Morgan fingerprint density at radius 3 is 2.44 bits per heavy atom. The third kappa shape index (κ3) is 5.33. The number of benzene rings is 2. The lowest BCUT2D eigenvalue weighted by Crippen LogP contribution is -2.30. The molecule has 0 radical (unpaired) electrons. The summed E-state index contributed by atoms with van der Waals surface area (Å²) in [5.74, 6) is -0.535. The summed E-state index contributed by atoms with van der Waals surface area (Å²) >= 11 is 0. The second-order valence-corrected chi connectivity index (χ2v) is 6.88. The summed E-state index contributed by atoms with van der Waals surface area (Å²) in [4.78, 5) is 26.8. The van der Waals surface area contributed by atoms with Crippen LogP contribution in [0.1, 0.15) is 49.0 Å². The maximum absolute atomic E-state index is 12.5. The minimum Gasteiger partial charge on any atom is -0.449 e. The van der Waals surface area contributed by atoms with E-state index in [1.165, 1.54) is 0 Å². The van der Waals surface area contributed by atoms with Crippen LogP contribution >= 0.6 is 0 Å². The highest BCUT2D eigenvalue weighted by atomic mass is 16.5. The van der Waals surface area contributed by atoms with Gasteiger partial charge >= 0.3 is 5.97 Å². The summed E-state index contributed by atoms with van der Waals surface area (Å²) < 4.78 is 5.36. The Kier molecular flexibility index (Phi) is 6.99. The molecule has 144 valence electrons. The first kappa shape index (κ1) is 20.5. The van der Waals surface area contributed by atoms with Gasteiger partial charge in [-0.1, -0.05) is 38.1 Å². The van der Waals surface area contributed by atoms with E-state index in [9.17, 15) is 9.59 Å². The average Bonchev–Trinajstić information content (AvgIpc) is 2.67. The Bertz CT molecular complexity index is 802. The lowest BCUT2D eigenvalue weighted by molar-refractivity contribution is -0.123. The summed E-state index contributed by atoms with van der Waals surface area (Å²) in [6.07, 6.45) is 0.0742. The SMILES string of the molecule is CC[C@@H](C)c1ccccc1NC(=O)[C@@H](C)OC(=O)c1cccc(N(C)C)c1. The molecule has 0 saturated heterocycles. The van der Waals surface area contributed by atoms with Crippen LogP contribution in [0.3, 0.4) is 0 Å². The van der Waals surface area contributed by atoms with Gasteiger partial charge in [0.05, 0.1) is 5.56 Å². The van der Waals surface area contributed by atoms with Gasteiger partial charge in [0.2, 0.25) is 0 Å². The monoisotopic (exact) mass is 368 g/mol. The van der Waals surface area contributed by atoms with Gasteiger partial charge in [0, 0.05) is 25.5 Å². The highest BCUT2D eigenvalue weighted by Gasteiger charge is 2.21. The molecule has 1 N–H and O–H groups in total. The first-order chi connectivity index (χ1) is 12.8. The molecular weight excluding hydrogens is 340 g/mol. The maximum Gasteiger partial charge on any atom is 0.338 e. The third-order valence-electron chi connectivity index (χ3n) is 4.61. The second kappa shape index (κ2) is 9.21. The minimum atomic E-state index is -0.898. The number of rotatable bonds is 7. The van der Waals surface area contributed by atoms with Gasteiger partial charge < -0.3 is 15.0 Å². The van der Waals surface area contributed by atoms with Crippen LogP contribution in [-0.4, -0.2) is 32.1 Å². The van der Waals surface area contributed by atoms with Crippen LogP contribution < -0.4 is 10.2 Å². The van der Waals surface area contributed by atoms with Crippen LogP contribution in [-0.2, 0) is 9.53 Å². The summed E-state index contributed by atoms with van der Waals surface area (Å²) in [5.41, 5.74) is 3.14. The number of nitrogens with zero attached hydrogens (tertiary/aromatic N) is 1. The molecule has 2 aromatic rings. The van der Waals surface area contributed by atoms with Gasteiger partial charge in [-0.2, -0.15) is 0 Å². The molecule has 0 fully saturated rings. The first-order valence-electron chi connectivity index (χ1n) is 9.21. The predicted molar refractivity (Wildman–Crippen MR) is 109 cm³/mol. The number of amides is 1. The van der Waals surface area contributed by atoms with E-state index in [0.29, 0.717) is 11.5 Å². The smallest absolute Gasteiger partial charge is 0.338 e. The first-order valence-corrected chi connectivity index (χ1v) is 9.21. The summed E-state index contributed by atoms with van der Waals surface area (Å²) in [7, 11) is 3.80. The fraction of sp³-hybridized carbons (Fsp3) is 0.364. The van der Waals surface area contributed by atoms with Gasteiger partial charge in [0.25, 0.3) is 5.91 Å². The van der Waals surface area contributed by atoms with Crippen molar-refractivity contribution in [2.45, 2.75) is 39.2 Å². The molecule has 5 heteroatoms. The summed E-state index contributed by atoms with van der Waals surface area (Å²) in [6, 6.07) is 14.8. The molecule has 2 aromatic carbocycles. The Labute approximate surface area is 161 Å². The quantitative estimate of drug-likeness (QED) is 0.734. The molecule has 0 aliphatic carbocycles. The summed E-state index contributed by atoms with van der Waals surface area (Å²) in [5, 5.41) is 2.89. The zero-order valence-electron chi connectivity index (χ0n) is 16.7. The average molecular weight is 368 g/mol. The number of carbonyl (C=O) groups is 2. The van der Waals surface area contributed by atoms with Crippen molar-refractivity contribution >= 4 is 23.3 Å². The number of esters is 1. The van der Waals surface area contributed by atoms with Crippen molar-refractivity contribution in [3.63, 3.8) is 0 Å². The zero-order chi connectivity index (χ0) is 20.0. The number of ether oxygens (including phenoxy) is 1. The van der Waals surface area contributed by atoms with E-state index >= 15 is 0 Å². The van der Waals surface area contributed by atoms with Crippen molar-refractivity contribution in [3.8, 4) is 0 Å². The fourth-order valence-electron chi connectivity index (χ4n) is 2.69. The number of nitrogens with one attached hydrogen (secondary N) is 1. The highest BCUT2D eigenvalue weighted by Crippen LogP contribution is 2.26. The fourth-order valence-corrected chi connectivity index (χ4v) is 2.69. The second-order valence-electron chi connectivity index (χ2n) is 6.88. The Balaban J connectivity index is 2.06. The van der Waals surface area contributed by atoms with Crippen molar-refractivity contribution in [1.29, 1.82) is 0 Å². The maximum atomic E-state index is 12.5. The number of hydrogen-bond donors (Lipinski definition) is 1. The van der Waals surface area contributed by atoms with Gasteiger partial charge in [-0.15, -0.1) is 0 Å². The third-order valence-corrected chi connectivity index (χ3v) is 4.61. The lowest BCUT2D eigenvalue weighted by atomic mass is 9.97. The minimum absolute atomic E-state index is 0.327. The van der Waals surface area contributed by atoms with Crippen LogP contribution in [0.4, 0.5) is 11.4 Å². The molecule has 0 aliphatic heterocycles. The molecular formula is C22H28N2O3. The zero-order valence-corrected chi connectivity index (χ0v) is 16.7. The van der Waals surface area contributed by atoms with Gasteiger partial charge in [-0.3, -0.25) is 4.79 Å². The molecule has 0 aliphatic rings. The molecule has 0 aromatic heterocycles. The van der Waals surface area contributed by atoms with Gasteiger partial charge in [0.15, 0.2) is 6.10 Å². The van der Waals surface area contributed by atoms with E-state index < -0.39 is 12.1 Å². The van der Waals surface area contributed by atoms with Crippen molar-refractivity contribution in [2.75, 3.05) is 24.3 Å². The Morgan fingerprint density at radius 1 is 1.07 bits per heavy atom. The van der Waals surface area contributed by atoms with Gasteiger partial charge in [-0.25, -0.2) is 4.79 Å². The molecule has 2 atom stereocenters. The molecule has 0 heterocycles. The molecule has 5 nitrogen and oxygen atoms in total. The van der Waals surface area contributed by atoms with Crippen molar-refractivity contribution in [1.82, 2.24) is 0 Å². The molecule has 27 heavy (non-hydrogen) atoms.